The van der Waals surface area contributed by atoms with Crippen molar-refractivity contribution in [2.75, 3.05) is 18.6 Å². The second-order valence-corrected chi connectivity index (χ2v) is 8.85. The molecule has 186 valence electrons. The summed E-state index contributed by atoms with van der Waals surface area (Å²) in [5, 5.41) is 13.4. The summed E-state index contributed by atoms with van der Waals surface area (Å²) in [5.41, 5.74) is 1.67. The van der Waals surface area contributed by atoms with Gasteiger partial charge in [-0.15, -0.1) is 0 Å². The van der Waals surface area contributed by atoms with Crippen LogP contribution in [0.1, 0.15) is 30.5 Å². The number of methoxy groups -OCH3 is 1. The van der Waals surface area contributed by atoms with Crippen LogP contribution in [0.5, 0.6) is 11.5 Å². The van der Waals surface area contributed by atoms with E-state index in [0.717, 1.165) is 17.2 Å². The molecule has 1 atom stereocenters. The number of fused-ring (bicyclic) bond motifs is 1. The molecule has 5 rings (SSSR count). The third-order valence-corrected chi connectivity index (χ3v) is 6.47. The van der Waals surface area contributed by atoms with Gasteiger partial charge >= 0.3 is 0 Å². The minimum absolute atomic E-state index is 0.0327. The maximum Gasteiger partial charge on any atom is 0.300 e. The van der Waals surface area contributed by atoms with Crippen LogP contribution in [0.15, 0.2) is 96.6 Å². The lowest BCUT2D eigenvalue weighted by Crippen LogP contribution is -2.29. The van der Waals surface area contributed by atoms with Crippen molar-refractivity contribution >= 4 is 33.9 Å². The fraction of sp³-hybridized carbons (Fsp3) is 0.161. The summed E-state index contributed by atoms with van der Waals surface area (Å²) in [5.74, 6) is -0.433. The van der Waals surface area contributed by atoms with Crippen LogP contribution in [0.3, 0.4) is 0 Å². The van der Waals surface area contributed by atoms with Crippen molar-refractivity contribution < 1.29 is 24.2 Å². The first-order chi connectivity index (χ1) is 18.0. The van der Waals surface area contributed by atoms with Crippen molar-refractivity contribution in [1.82, 2.24) is 0 Å². The molecule has 1 heterocycles. The monoisotopic (exact) mass is 493 g/mol. The van der Waals surface area contributed by atoms with E-state index in [-0.39, 0.29) is 11.3 Å². The van der Waals surface area contributed by atoms with Gasteiger partial charge in [0.15, 0.2) is 0 Å². The van der Waals surface area contributed by atoms with Gasteiger partial charge in [-0.1, -0.05) is 61.5 Å². The quantitative estimate of drug-likeness (QED) is 0.187. The standard InChI is InChI=1S/C31H27NO5/c1-3-17-37-25-15-13-21(14-16-25)28-27(29(33)23-12-11-20-7-4-5-8-22(20)18-23)30(34)31(35)32(28)24-9-6-10-26(19-24)36-2/h4-16,18-19,28,33H,3,17H2,1-2H3/b29-27-. The van der Waals surface area contributed by atoms with Crippen molar-refractivity contribution in [3.63, 3.8) is 0 Å². The van der Waals surface area contributed by atoms with E-state index < -0.39 is 17.7 Å². The van der Waals surface area contributed by atoms with Gasteiger partial charge in [-0.2, -0.15) is 0 Å². The fourth-order valence-electron chi connectivity index (χ4n) is 4.63. The number of anilines is 1. The first kappa shape index (κ1) is 24.1. The van der Waals surface area contributed by atoms with Gasteiger partial charge in [0.2, 0.25) is 0 Å². The molecule has 1 fully saturated rings. The van der Waals surface area contributed by atoms with Gasteiger partial charge in [-0.25, -0.2) is 0 Å². The van der Waals surface area contributed by atoms with Crippen LogP contribution in [-0.4, -0.2) is 30.5 Å². The van der Waals surface area contributed by atoms with Crippen LogP contribution in [-0.2, 0) is 9.59 Å². The summed E-state index contributed by atoms with van der Waals surface area (Å²) >= 11 is 0. The molecule has 1 unspecified atom stereocenters. The third kappa shape index (κ3) is 4.54. The maximum atomic E-state index is 13.4. The Kier molecular flexibility index (Phi) is 6.64. The second kappa shape index (κ2) is 10.2. The number of hydrogen-bond donors (Lipinski definition) is 1. The zero-order valence-corrected chi connectivity index (χ0v) is 20.7. The summed E-state index contributed by atoms with van der Waals surface area (Å²) in [7, 11) is 1.54. The smallest absolute Gasteiger partial charge is 0.300 e. The molecule has 4 aromatic rings. The number of Topliss-reactive ketones (excluding diaryl/α,β-unsaturated/α-hetero) is 1. The molecule has 37 heavy (non-hydrogen) atoms. The molecule has 0 spiro atoms. The van der Waals surface area contributed by atoms with Crippen molar-refractivity contribution in [2.24, 2.45) is 0 Å². The number of carbonyl (C=O) groups is 2. The van der Waals surface area contributed by atoms with E-state index >= 15 is 0 Å². The Hall–Kier alpha value is -4.58. The highest BCUT2D eigenvalue weighted by Crippen LogP contribution is 2.43. The van der Waals surface area contributed by atoms with Crippen LogP contribution in [0.4, 0.5) is 5.69 Å². The molecule has 1 aliphatic heterocycles. The number of ether oxygens (including phenoxy) is 2. The van der Waals surface area contributed by atoms with E-state index in [0.29, 0.717) is 34.9 Å². The molecule has 1 aliphatic rings. The van der Waals surface area contributed by atoms with E-state index in [1.54, 1.807) is 37.4 Å². The van der Waals surface area contributed by atoms with E-state index in [2.05, 4.69) is 0 Å². The third-order valence-electron chi connectivity index (χ3n) is 6.47. The molecule has 0 aliphatic carbocycles. The average molecular weight is 494 g/mol. The first-order valence-corrected chi connectivity index (χ1v) is 12.2. The summed E-state index contributed by atoms with van der Waals surface area (Å²) in [6, 6.07) is 26.6. The fourth-order valence-corrected chi connectivity index (χ4v) is 4.63. The van der Waals surface area contributed by atoms with Crippen LogP contribution in [0.25, 0.3) is 16.5 Å². The number of aliphatic hydroxyl groups excluding tert-OH is 1. The summed E-state index contributed by atoms with van der Waals surface area (Å²) in [6.45, 7) is 2.62. The molecule has 0 bridgehead atoms. The van der Waals surface area contributed by atoms with Gasteiger partial charge < -0.3 is 14.6 Å². The Balaban J connectivity index is 1.67. The van der Waals surface area contributed by atoms with Gasteiger partial charge in [0.05, 0.1) is 25.3 Å². The van der Waals surface area contributed by atoms with E-state index in [1.807, 2.05) is 67.6 Å². The minimum atomic E-state index is -0.834. The Bertz CT molecular complexity index is 1510. The highest BCUT2D eigenvalue weighted by Gasteiger charge is 2.47. The topological polar surface area (TPSA) is 76.1 Å². The lowest BCUT2D eigenvalue weighted by atomic mass is 9.94. The van der Waals surface area contributed by atoms with Gasteiger partial charge in [0.1, 0.15) is 17.3 Å². The Morgan fingerprint density at radius 1 is 0.865 bits per heavy atom. The Morgan fingerprint density at radius 2 is 1.62 bits per heavy atom. The van der Waals surface area contributed by atoms with Crippen LogP contribution in [0, 0.1) is 0 Å². The number of rotatable bonds is 7. The van der Waals surface area contributed by atoms with Crippen LogP contribution < -0.4 is 14.4 Å². The van der Waals surface area contributed by atoms with Gasteiger partial charge in [-0.05, 0) is 53.1 Å². The lowest BCUT2D eigenvalue weighted by Gasteiger charge is -2.26. The van der Waals surface area contributed by atoms with Crippen molar-refractivity contribution in [3.8, 4) is 11.5 Å². The number of amides is 1. The number of aliphatic hydroxyl groups is 1. The SMILES string of the molecule is CCCOc1ccc(C2/C(=C(/O)c3ccc4ccccc4c3)C(=O)C(=O)N2c2cccc(OC)c2)cc1. The van der Waals surface area contributed by atoms with Crippen molar-refractivity contribution in [3.05, 3.63) is 108 Å². The van der Waals surface area contributed by atoms with E-state index in [9.17, 15) is 14.7 Å². The largest absolute Gasteiger partial charge is 0.507 e. The van der Waals surface area contributed by atoms with Gasteiger partial charge in [-0.3, -0.25) is 14.5 Å². The number of carbonyl (C=O) groups excluding carboxylic acids is 2. The van der Waals surface area contributed by atoms with Gasteiger partial charge in [0.25, 0.3) is 11.7 Å². The highest BCUT2D eigenvalue weighted by atomic mass is 16.5. The summed E-state index contributed by atoms with van der Waals surface area (Å²) in [6.07, 6.45) is 0.878. The molecule has 1 N–H and O–H groups in total. The Morgan fingerprint density at radius 3 is 2.35 bits per heavy atom. The molecule has 1 saturated heterocycles. The Labute approximate surface area is 215 Å². The molecule has 0 radical (unpaired) electrons. The van der Waals surface area contributed by atoms with E-state index in [4.69, 9.17) is 9.47 Å². The number of benzene rings is 4. The van der Waals surface area contributed by atoms with Crippen LogP contribution >= 0.6 is 0 Å². The van der Waals surface area contributed by atoms with Crippen molar-refractivity contribution in [1.29, 1.82) is 0 Å². The predicted octanol–water partition coefficient (Wildman–Crippen LogP) is 6.26. The molecule has 0 aromatic heterocycles. The number of hydrogen-bond acceptors (Lipinski definition) is 5. The second-order valence-electron chi connectivity index (χ2n) is 8.85. The predicted molar refractivity (Wildman–Crippen MR) is 144 cm³/mol. The zero-order chi connectivity index (χ0) is 25.9. The molecular weight excluding hydrogens is 466 g/mol. The number of ketones is 1. The van der Waals surface area contributed by atoms with Gasteiger partial charge in [0, 0.05) is 17.3 Å². The molecule has 6 nitrogen and oxygen atoms in total. The number of nitrogens with zero attached hydrogens (tertiary/aromatic N) is 1. The minimum Gasteiger partial charge on any atom is -0.507 e. The lowest BCUT2D eigenvalue weighted by molar-refractivity contribution is -0.132. The first-order valence-electron chi connectivity index (χ1n) is 12.2. The van der Waals surface area contributed by atoms with Crippen LogP contribution in [0.2, 0.25) is 0 Å². The molecule has 0 saturated carbocycles. The molecule has 6 heteroatoms. The zero-order valence-electron chi connectivity index (χ0n) is 20.7. The summed E-state index contributed by atoms with van der Waals surface area (Å²) < 4.78 is 11.1. The van der Waals surface area contributed by atoms with Crippen molar-refractivity contribution in [2.45, 2.75) is 19.4 Å². The maximum absolute atomic E-state index is 13.4. The van der Waals surface area contributed by atoms with E-state index in [1.165, 1.54) is 4.90 Å². The molecule has 4 aromatic carbocycles. The highest BCUT2D eigenvalue weighted by molar-refractivity contribution is 6.51. The molecular formula is C31H27NO5. The summed E-state index contributed by atoms with van der Waals surface area (Å²) in [4.78, 5) is 28.3. The normalized spacial score (nSPS) is 16.8. The molecule has 1 amide bonds. The average Bonchev–Trinajstić information content (AvgIpc) is 3.21.